The van der Waals surface area contributed by atoms with Crippen molar-refractivity contribution in [2.45, 2.75) is 19.9 Å². The summed E-state index contributed by atoms with van der Waals surface area (Å²) < 4.78 is 19.0. The van der Waals surface area contributed by atoms with Crippen LogP contribution < -0.4 is 5.32 Å². The van der Waals surface area contributed by atoms with Crippen molar-refractivity contribution in [3.05, 3.63) is 64.6 Å². The fraction of sp³-hybridized carbons (Fsp3) is 0.176. The van der Waals surface area contributed by atoms with Gasteiger partial charge in [0, 0.05) is 10.9 Å². The van der Waals surface area contributed by atoms with E-state index < -0.39 is 0 Å². The number of hydrogen-bond donors (Lipinski definition) is 1. The summed E-state index contributed by atoms with van der Waals surface area (Å²) in [6, 6.07) is 12.2. The highest BCUT2D eigenvalue weighted by molar-refractivity contribution is 6.33. The summed E-state index contributed by atoms with van der Waals surface area (Å²) in [7, 11) is 0. The molecule has 0 bridgehead atoms. The van der Waals surface area contributed by atoms with Crippen LogP contribution in [0.25, 0.3) is 11.0 Å². The number of para-hydroxylation sites is 1. The van der Waals surface area contributed by atoms with Gasteiger partial charge in [0.15, 0.2) is 0 Å². The number of fused-ring (bicyclic) bond motifs is 1. The summed E-state index contributed by atoms with van der Waals surface area (Å²) in [5.74, 6) is 0.509. The topological polar surface area (TPSA) is 25.2 Å². The predicted molar refractivity (Wildman–Crippen MR) is 84.4 cm³/mol. The van der Waals surface area contributed by atoms with E-state index >= 15 is 0 Å². The molecule has 0 aliphatic rings. The molecule has 0 fully saturated rings. The van der Waals surface area contributed by atoms with Gasteiger partial charge in [0.1, 0.15) is 17.2 Å². The molecule has 0 spiro atoms. The number of rotatable bonds is 3. The zero-order valence-corrected chi connectivity index (χ0v) is 12.5. The summed E-state index contributed by atoms with van der Waals surface area (Å²) >= 11 is 6.05. The SMILES string of the molecule is Cc1c(C(C)Nc2ccc(F)cc2Cl)oc2ccccc12. The number of hydrogen-bond acceptors (Lipinski definition) is 2. The largest absolute Gasteiger partial charge is 0.459 e. The van der Waals surface area contributed by atoms with E-state index in [9.17, 15) is 4.39 Å². The molecule has 0 amide bonds. The number of furan rings is 1. The molecule has 1 unspecified atom stereocenters. The highest BCUT2D eigenvalue weighted by Crippen LogP contribution is 2.32. The molecule has 0 radical (unpaired) electrons. The van der Waals surface area contributed by atoms with Crippen molar-refractivity contribution in [3.63, 3.8) is 0 Å². The number of halogens is 2. The van der Waals surface area contributed by atoms with Gasteiger partial charge in [-0.3, -0.25) is 0 Å². The van der Waals surface area contributed by atoms with Gasteiger partial charge in [-0.1, -0.05) is 29.8 Å². The summed E-state index contributed by atoms with van der Waals surface area (Å²) in [4.78, 5) is 0. The van der Waals surface area contributed by atoms with E-state index in [0.717, 1.165) is 22.3 Å². The van der Waals surface area contributed by atoms with Crippen molar-refractivity contribution in [1.82, 2.24) is 0 Å². The van der Waals surface area contributed by atoms with Crippen LogP contribution >= 0.6 is 11.6 Å². The van der Waals surface area contributed by atoms with E-state index in [1.54, 1.807) is 6.07 Å². The van der Waals surface area contributed by atoms with E-state index in [-0.39, 0.29) is 11.9 Å². The summed E-state index contributed by atoms with van der Waals surface area (Å²) in [6.45, 7) is 4.02. The molecule has 2 nitrogen and oxygen atoms in total. The fourth-order valence-electron chi connectivity index (χ4n) is 2.51. The number of benzene rings is 2. The quantitative estimate of drug-likeness (QED) is 0.670. The van der Waals surface area contributed by atoms with Crippen LogP contribution in [0, 0.1) is 12.7 Å². The molecular weight excluding hydrogens is 289 g/mol. The third kappa shape index (κ3) is 2.61. The van der Waals surface area contributed by atoms with Gasteiger partial charge < -0.3 is 9.73 Å². The van der Waals surface area contributed by atoms with Crippen LogP contribution in [-0.4, -0.2) is 0 Å². The number of nitrogens with one attached hydrogen (secondary N) is 1. The van der Waals surface area contributed by atoms with Crippen molar-refractivity contribution in [2.24, 2.45) is 0 Å². The van der Waals surface area contributed by atoms with Gasteiger partial charge in [-0.15, -0.1) is 0 Å². The molecule has 1 heterocycles. The van der Waals surface area contributed by atoms with Crippen LogP contribution in [-0.2, 0) is 0 Å². The van der Waals surface area contributed by atoms with Crippen molar-refractivity contribution in [3.8, 4) is 0 Å². The standard InChI is InChI=1S/C17H15ClFNO/c1-10-13-5-3-4-6-16(13)21-17(10)11(2)20-15-8-7-12(19)9-14(15)18/h3-9,11,20H,1-2H3. The maximum atomic E-state index is 13.1. The smallest absolute Gasteiger partial charge is 0.134 e. The molecule has 0 saturated heterocycles. The van der Waals surface area contributed by atoms with Crippen LogP contribution in [0.3, 0.4) is 0 Å². The molecular formula is C17H15ClFNO. The second-order valence-corrected chi connectivity index (χ2v) is 5.48. The molecule has 1 N–H and O–H groups in total. The van der Waals surface area contributed by atoms with Crippen LogP contribution in [0.5, 0.6) is 0 Å². The highest BCUT2D eigenvalue weighted by atomic mass is 35.5. The Kier molecular flexibility index (Phi) is 3.60. The highest BCUT2D eigenvalue weighted by Gasteiger charge is 2.17. The van der Waals surface area contributed by atoms with Crippen LogP contribution in [0.4, 0.5) is 10.1 Å². The Morgan fingerprint density at radius 3 is 2.67 bits per heavy atom. The molecule has 1 aromatic heterocycles. The van der Waals surface area contributed by atoms with E-state index in [2.05, 4.69) is 5.32 Å². The Morgan fingerprint density at radius 1 is 1.19 bits per heavy atom. The predicted octanol–water partition coefficient (Wildman–Crippen LogP) is 5.71. The second kappa shape index (κ2) is 5.41. The number of anilines is 1. The molecule has 3 aromatic rings. The van der Waals surface area contributed by atoms with Crippen molar-refractivity contribution in [2.75, 3.05) is 5.32 Å². The van der Waals surface area contributed by atoms with Crippen molar-refractivity contribution < 1.29 is 8.81 Å². The van der Waals surface area contributed by atoms with Crippen LogP contribution in [0.1, 0.15) is 24.3 Å². The third-order valence-corrected chi connectivity index (χ3v) is 3.89. The molecule has 0 aliphatic heterocycles. The molecule has 108 valence electrons. The summed E-state index contributed by atoms with van der Waals surface area (Å²) in [6.07, 6.45) is 0. The normalized spacial score (nSPS) is 12.6. The molecule has 2 aromatic carbocycles. The first-order valence-electron chi connectivity index (χ1n) is 6.76. The lowest BCUT2D eigenvalue weighted by atomic mass is 10.1. The Morgan fingerprint density at radius 2 is 1.95 bits per heavy atom. The molecule has 3 rings (SSSR count). The zero-order valence-electron chi connectivity index (χ0n) is 11.8. The van der Waals surface area contributed by atoms with Gasteiger partial charge >= 0.3 is 0 Å². The fourth-order valence-corrected chi connectivity index (χ4v) is 2.73. The van der Waals surface area contributed by atoms with Crippen LogP contribution in [0.2, 0.25) is 5.02 Å². The Bertz CT molecular complexity index is 797. The lowest BCUT2D eigenvalue weighted by molar-refractivity contribution is 0.522. The lowest BCUT2D eigenvalue weighted by Gasteiger charge is -2.15. The van der Waals surface area contributed by atoms with E-state index in [1.165, 1.54) is 12.1 Å². The van der Waals surface area contributed by atoms with E-state index in [4.69, 9.17) is 16.0 Å². The Balaban J connectivity index is 1.93. The van der Waals surface area contributed by atoms with Gasteiger partial charge in [-0.05, 0) is 38.1 Å². The minimum atomic E-state index is -0.349. The maximum Gasteiger partial charge on any atom is 0.134 e. The molecule has 0 aliphatic carbocycles. The first-order valence-corrected chi connectivity index (χ1v) is 7.13. The summed E-state index contributed by atoms with van der Waals surface area (Å²) in [5.41, 5.74) is 2.65. The molecule has 1 atom stereocenters. The monoisotopic (exact) mass is 303 g/mol. The minimum Gasteiger partial charge on any atom is -0.459 e. The van der Waals surface area contributed by atoms with E-state index in [0.29, 0.717) is 10.7 Å². The van der Waals surface area contributed by atoms with Crippen molar-refractivity contribution in [1.29, 1.82) is 0 Å². The number of aryl methyl sites for hydroxylation is 1. The van der Waals surface area contributed by atoms with E-state index in [1.807, 2.05) is 38.1 Å². The first-order chi connectivity index (χ1) is 10.1. The van der Waals surface area contributed by atoms with Gasteiger partial charge in [0.25, 0.3) is 0 Å². The minimum absolute atomic E-state index is 0.0691. The van der Waals surface area contributed by atoms with Gasteiger partial charge in [0.2, 0.25) is 0 Å². The molecule has 4 heteroatoms. The van der Waals surface area contributed by atoms with Crippen LogP contribution in [0.15, 0.2) is 46.9 Å². The average Bonchev–Trinajstić information content (AvgIpc) is 2.80. The zero-order chi connectivity index (χ0) is 15.0. The molecule has 0 saturated carbocycles. The lowest BCUT2D eigenvalue weighted by Crippen LogP contribution is -2.07. The average molecular weight is 304 g/mol. The first kappa shape index (κ1) is 14.0. The van der Waals surface area contributed by atoms with Gasteiger partial charge in [-0.25, -0.2) is 4.39 Å². The molecule has 21 heavy (non-hydrogen) atoms. The third-order valence-electron chi connectivity index (χ3n) is 3.58. The Hall–Kier alpha value is -2.00. The Labute approximate surface area is 127 Å². The summed E-state index contributed by atoms with van der Waals surface area (Å²) in [5, 5.41) is 4.72. The second-order valence-electron chi connectivity index (χ2n) is 5.08. The van der Waals surface area contributed by atoms with Gasteiger partial charge in [0.05, 0.1) is 16.8 Å². The van der Waals surface area contributed by atoms with Crippen molar-refractivity contribution >= 4 is 28.3 Å². The maximum absolute atomic E-state index is 13.1. The van der Waals surface area contributed by atoms with Gasteiger partial charge in [-0.2, -0.15) is 0 Å².